The molecule has 0 spiro atoms. The Labute approximate surface area is 336 Å². The second kappa shape index (κ2) is 44.3. The second-order valence-electron chi connectivity index (χ2n) is 16.4. The van der Waals surface area contributed by atoms with Gasteiger partial charge in [-0.1, -0.05) is 206 Å². The summed E-state index contributed by atoms with van der Waals surface area (Å²) in [6.07, 6.45) is 48.9. The van der Waals surface area contributed by atoms with Crippen LogP contribution >= 0.6 is 0 Å². The van der Waals surface area contributed by atoms with Gasteiger partial charge in [-0.15, -0.1) is 0 Å². The van der Waals surface area contributed by atoms with E-state index < -0.39 is 12.1 Å². The molecule has 0 radical (unpaired) electrons. The van der Waals surface area contributed by atoms with Crippen LogP contribution in [0.25, 0.3) is 0 Å². The van der Waals surface area contributed by atoms with Crippen LogP contribution in [0.2, 0.25) is 0 Å². The van der Waals surface area contributed by atoms with Crippen LogP contribution in [0, 0.1) is 0 Å². The average molecular weight is 764 g/mol. The zero-order valence-corrected chi connectivity index (χ0v) is 36.2. The highest BCUT2D eigenvalue weighted by Crippen LogP contribution is 2.16. The Morgan fingerprint density at radius 2 is 0.870 bits per heavy atom. The van der Waals surface area contributed by atoms with Gasteiger partial charge in [0, 0.05) is 12.8 Å². The number of nitrogens with one attached hydrogen (secondary N) is 1. The molecule has 0 aromatic carbocycles. The Morgan fingerprint density at radius 1 is 0.500 bits per heavy atom. The third kappa shape index (κ3) is 40.3. The van der Waals surface area contributed by atoms with Crippen LogP contribution < -0.4 is 5.32 Å². The van der Waals surface area contributed by atoms with Crippen LogP contribution in [0.3, 0.4) is 0 Å². The van der Waals surface area contributed by atoms with Gasteiger partial charge in [-0.3, -0.25) is 9.59 Å². The molecule has 0 saturated carbocycles. The maximum atomic E-state index is 12.4. The summed E-state index contributed by atoms with van der Waals surface area (Å²) in [4.78, 5) is 24.4. The molecule has 0 aromatic rings. The van der Waals surface area contributed by atoms with Gasteiger partial charge in [-0.25, -0.2) is 0 Å². The highest BCUT2D eigenvalue weighted by atomic mass is 16.5. The van der Waals surface area contributed by atoms with Crippen molar-refractivity contribution >= 4 is 11.9 Å². The number of allylic oxidation sites excluding steroid dienone is 2. The SMILES string of the molecule is CCCCCC/C=C\CCCCCCCC(=O)OCCCCCCCCCCCCCCCCCC(=O)NC(CO)C(O)CCCCCCCCCCC. The summed E-state index contributed by atoms with van der Waals surface area (Å²) in [5.74, 6) is -0.0554. The van der Waals surface area contributed by atoms with E-state index in [9.17, 15) is 19.8 Å². The second-order valence-corrected chi connectivity index (χ2v) is 16.4. The summed E-state index contributed by atoms with van der Waals surface area (Å²) in [6.45, 7) is 4.89. The van der Waals surface area contributed by atoms with Crippen LogP contribution in [0.4, 0.5) is 0 Å². The van der Waals surface area contributed by atoms with Crippen molar-refractivity contribution in [3.8, 4) is 0 Å². The Morgan fingerprint density at radius 3 is 1.33 bits per heavy atom. The van der Waals surface area contributed by atoms with Gasteiger partial charge >= 0.3 is 5.97 Å². The number of aliphatic hydroxyl groups is 2. The number of carbonyl (C=O) groups excluding carboxylic acids is 2. The smallest absolute Gasteiger partial charge is 0.305 e. The van der Waals surface area contributed by atoms with E-state index in [1.54, 1.807) is 0 Å². The van der Waals surface area contributed by atoms with Crippen molar-refractivity contribution in [2.24, 2.45) is 0 Å². The quantitative estimate of drug-likeness (QED) is 0.0326. The molecule has 0 saturated heterocycles. The van der Waals surface area contributed by atoms with E-state index in [2.05, 4.69) is 31.3 Å². The first kappa shape index (κ1) is 52.6. The lowest BCUT2D eigenvalue weighted by molar-refractivity contribution is -0.143. The normalized spacial score (nSPS) is 12.7. The molecule has 0 aliphatic heterocycles. The van der Waals surface area contributed by atoms with E-state index in [1.165, 1.54) is 173 Å². The van der Waals surface area contributed by atoms with Crippen LogP contribution in [-0.2, 0) is 14.3 Å². The topological polar surface area (TPSA) is 95.9 Å². The number of esters is 1. The third-order valence-corrected chi connectivity index (χ3v) is 11.1. The number of ether oxygens (including phenoxy) is 1. The van der Waals surface area contributed by atoms with Crippen LogP contribution in [-0.4, -0.2) is 47.4 Å². The lowest BCUT2D eigenvalue weighted by Gasteiger charge is -2.22. The molecule has 0 heterocycles. The van der Waals surface area contributed by atoms with E-state index in [-0.39, 0.29) is 18.5 Å². The number of hydrogen-bond donors (Lipinski definition) is 3. The highest BCUT2D eigenvalue weighted by Gasteiger charge is 2.20. The summed E-state index contributed by atoms with van der Waals surface area (Å²) in [6, 6.07) is -0.545. The van der Waals surface area contributed by atoms with Crippen molar-refractivity contribution in [3.05, 3.63) is 12.2 Å². The van der Waals surface area contributed by atoms with Gasteiger partial charge in [0.2, 0.25) is 5.91 Å². The molecule has 2 unspecified atom stereocenters. The Kier molecular flexibility index (Phi) is 43.2. The van der Waals surface area contributed by atoms with Gasteiger partial charge < -0.3 is 20.3 Å². The van der Waals surface area contributed by atoms with Crippen molar-refractivity contribution in [2.75, 3.05) is 13.2 Å². The molecule has 0 aromatic heterocycles. The summed E-state index contributed by atoms with van der Waals surface area (Å²) < 4.78 is 5.45. The van der Waals surface area contributed by atoms with Crippen molar-refractivity contribution in [1.29, 1.82) is 0 Å². The predicted molar refractivity (Wildman–Crippen MR) is 232 cm³/mol. The minimum absolute atomic E-state index is 0.00903. The van der Waals surface area contributed by atoms with E-state index in [4.69, 9.17) is 4.74 Å². The number of unbranched alkanes of at least 4 members (excludes halogenated alkanes) is 31. The van der Waals surface area contributed by atoms with Gasteiger partial charge in [0.25, 0.3) is 0 Å². The summed E-state index contributed by atoms with van der Waals surface area (Å²) in [7, 11) is 0. The van der Waals surface area contributed by atoms with Crippen LogP contribution in [0.15, 0.2) is 12.2 Å². The zero-order chi connectivity index (χ0) is 39.4. The number of aliphatic hydroxyl groups excluding tert-OH is 2. The summed E-state index contributed by atoms with van der Waals surface area (Å²) in [5.41, 5.74) is 0. The molecule has 320 valence electrons. The Balaban J connectivity index is 3.41. The fraction of sp³-hybridized carbons (Fsp3) is 0.917. The van der Waals surface area contributed by atoms with E-state index in [0.717, 1.165) is 51.4 Å². The maximum Gasteiger partial charge on any atom is 0.305 e. The van der Waals surface area contributed by atoms with E-state index >= 15 is 0 Å². The molecule has 6 nitrogen and oxygen atoms in total. The molecule has 1 amide bonds. The first-order valence-electron chi connectivity index (χ1n) is 23.9. The lowest BCUT2D eigenvalue weighted by atomic mass is 10.0. The predicted octanol–water partition coefficient (Wildman–Crippen LogP) is 13.8. The van der Waals surface area contributed by atoms with Crippen molar-refractivity contribution in [2.45, 2.75) is 270 Å². The van der Waals surface area contributed by atoms with Gasteiger partial charge in [-0.2, -0.15) is 0 Å². The molecular weight excluding hydrogens is 671 g/mol. The van der Waals surface area contributed by atoms with Gasteiger partial charge in [-0.05, 0) is 51.4 Å². The number of hydrogen-bond acceptors (Lipinski definition) is 5. The van der Waals surface area contributed by atoms with Crippen molar-refractivity contribution in [3.63, 3.8) is 0 Å². The first-order chi connectivity index (χ1) is 26.5. The molecule has 0 aliphatic rings. The summed E-state index contributed by atoms with van der Waals surface area (Å²) >= 11 is 0. The molecule has 54 heavy (non-hydrogen) atoms. The molecule has 0 bridgehead atoms. The summed E-state index contributed by atoms with van der Waals surface area (Å²) in [5, 5.41) is 23.0. The Hall–Kier alpha value is -1.40. The van der Waals surface area contributed by atoms with Gasteiger partial charge in [0.05, 0.1) is 25.4 Å². The van der Waals surface area contributed by atoms with Crippen LogP contribution in [0.5, 0.6) is 0 Å². The molecule has 3 N–H and O–H groups in total. The fourth-order valence-corrected chi connectivity index (χ4v) is 7.34. The molecule has 0 fully saturated rings. The monoisotopic (exact) mass is 764 g/mol. The molecule has 0 rings (SSSR count). The largest absolute Gasteiger partial charge is 0.466 e. The van der Waals surface area contributed by atoms with E-state index in [0.29, 0.717) is 25.9 Å². The van der Waals surface area contributed by atoms with Gasteiger partial charge in [0.1, 0.15) is 0 Å². The van der Waals surface area contributed by atoms with Crippen molar-refractivity contribution < 1.29 is 24.5 Å². The number of rotatable bonds is 44. The standard InChI is InChI=1S/C48H93NO5/c1-3-5-7-9-11-13-14-18-22-26-30-34-38-42-48(53)54-43-39-35-31-27-23-20-17-15-16-19-21-25-29-33-37-41-47(52)49-45(44-50)46(51)40-36-32-28-24-12-10-8-6-4-2/h13-14,45-46,50-51H,3-12,15-44H2,1-2H3,(H,49,52)/b14-13-. The molecule has 0 aliphatic carbocycles. The number of amides is 1. The molecule has 2 atom stereocenters. The third-order valence-electron chi connectivity index (χ3n) is 11.1. The molecular formula is C48H93NO5. The number of carbonyl (C=O) groups is 2. The van der Waals surface area contributed by atoms with Crippen molar-refractivity contribution in [1.82, 2.24) is 5.32 Å². The fourth-order valence-electron chi connectivity index (χ4n) is 7.34. The zero-order valence-electron chi connectivity index (χ0n) is 36.2. The van der Waals surface area contributed by atoms with Crippen LogP contribution in [0.1, 0.15) is 258 Å². The molecule has 6 heteroatoms. The maximum absolute atomic E-state index is 12.4. The first-order valence-corrected chi connectivity index (χ1v) is 23.9. The van der Waals surface area contributed by atoms with Gasteiger partial charge in [0.15, 0.2) is 0 Å². The minimum atomic E-state index is -0.666. The van der Waals surface area contributed by atoms with E-state index in [1.807, 2.05) is 0 Å². The average Bonchev–Trinajstić information content (AvgIpc) is 3.17. The lowest BCUT2D eigenvalue weighted by Crippen LogP contribution is -2.45. The highest BCUT2D eigenvalue weighted by molar-refractivity contribution is 5.76. The minimum Gasteiger partial charge on any atom is -0.466 e. The Bertz CT molecular complexity index is 802.